The Bertz CT molecular complexity index is 594. The van der Waals surface area contributed by atoms with Gasteiger partial charge in [0.05, 0.1) is 13.2 Å². The molecule has 2 unspecified atom stereocenters. The first kappa shape index (κ1) is 15.6. The number of ether oxygens (including phenoxy) is 2. The summed E-state index contributed by atoms with van der Waals surface area (Å²) in [6, 6.07) is 19.2. The molecule has 0 bridgehead atoms. The lowest BCUT2D eigenvalue weighted by atomic mass is 9.97. The van der Waals surface area contributed by atoms with Crippen molar-refractivity contribution in [3.8, 4) is 0 Å². The van der Waals surface area contributed by atoms with E-state index in [1.54, 1.807) is 0 Å². The standard InChI is InChI=1S/C19H18O4/c20-11-15-13-22-19(23-14-16(15)12-21,17-7-3-1-4-8-17)18-9-5-2-6-10-18/h1-12,15-16H,13-14H2. The van der Waals surface area contributed by atoms with Crippen molar-refractivity contribution >= 4 is 12.6 Å². The first-order valence-electron chi connectivity index (χ1n) is 7.59. The van der Waals surface area contributed by atoms with Crippen molar-refractivity contribution in [1.82, 2.24) is 0 Å². The fourth-order valence-electron chi connectivity index (χ4n) is 2.81. The van der Waals surface area contributed by atoms with Gasteiger partial charge in [0.2, 0.25) is 5.79 Å². The van der Waals surface area contributed by atoms with E-state index in [4.69, 9.17) is 9.47 Å². The molecule has 0 spiro atoms. The van der Waals surface area contributed by atoms with Crippen molar-refractivity contribution in [2.24, 2.45) is 11.8 Å². The van der Waals surface area contributed by atoms with Crippen LogP contribution in [0.25, 0.3) is 0 Å². The fraction of sp³-hybridized carbons (Fsp3) is 0.263. The zero-order valence-corrected chi connectivity index (χ0v) is 12.6. The average Bonchev–Trinajstić information content (AvgIpc) is 2.83. The van der Waals surface area contributed by atoms with Gasteiger partial charge in [-0.15, -0.1) is 0 Å². The van der Waals surface area contributed by atoms with Crippen LogP contribution in [-0.4, -0.2) is 25.8 Å². The minimum absolute atomic E-state index is 0.136. The molecular formula is C19H18O4. The molecule has 2 aromatic rings. The van der Waals surface area contributed by atoms with Crippen molar-refractivity contribution in [2.45, 2.75) is 5.79 Å². The van der Waals surface area contributed by atoms with Crippen LogP contribution in [0.15, 0.2) is 60.7 Å². The Morgan fingerprint density at radius 3 is 1.48 bits per heavy atom. The molecule has 4 heteroatoms. The van der Waals surface area contributed by atoms with Gasteiger partial charge >= 0.3 is 0 Å². The Balaban J connectivity index is 2.07. The van der Waals surface area contributed by atoms with Gasteiger partial charge in [-0.3, -0.25) is 0 Å². The van der Waals surface area contributed by atoms with Crippen LogP contribution in [-0.2, 0) is 24.8 Å². The molecule has 23 heavy (non-hydrogen) atoms. The molecule has 0 N–H and O–H groups in total. The summed E-state index contributed by atoms with van der Waals surface area (Å²) in [5.74, 6) is -2.11. The molecule has 1 saturated heterocycles. The van der Waals surface area contributed by atoms with Crippen LogP contribution < -0.4 is 0 Å². The molecule has 4 nitrogen and oxygen atoms in total. The number of hydrogen-bond acceptors (Lipinski definition) is 4. The number of rotatable bonds is 4. The van der Waals surface area contributed by atoms with E-state index in [1.165, 1.54) is 0 Å². The number of carbonyl (C=O) groups is 2. The maximum Gasteiger partial charge on any atom is 0.222 e. The lowest BCUT2D eigenvalue weighted by Gasteiger charge is -2.33. The Hall–Kier alpha value is -2.30. The summed E-state index contributed by atoms with van der Waals surface area (Å²) in [6.07, 6.45) is 1.54. The first-order chi connectivity index (χ1) is 11.3. The third kappa shape index (κ3) is 2.96. The SMILES string of the molecule is O=CC1COC(c2ccccc2)(c2ccccc2)OCC1C=O. The zero-order chi connectivity index (χ0) is 16.1. The summed E-state index contributed by atoms with van der Waals surface area (Å²) in [6.45, 7) is 0.271. The van der Waals surface area contributed by atoms with Gasteiger partial charge < -0.3 is 19.1 Å². The van der Waals surface area contributed by atoms with E-state index in [9.17, 15) is 9.59 Å². The van der Waals surface area contributed by atoms with E-state index in [2.05, 4.69) is 0 Å². The van der Waals surface area contributed by atoms with Gasteiger partial charge in [-0.25, -0.2) is 0 Å². The predicted octanol–water partition coefficient (Wildman–Crippen LogP) is 2.56. The molecule has 3 rings (SSSR count). The van der Waals surface area contributed by atoms with Gasteiger partial charge in [-0.05, 0) is 0 Å². The van der Waals surface area contributed by atoms with Crippen LogP contribution in [0.3, 0.4) is 0 Å². The van der Waals surface area contributed by atoms with Gasteiger partial charge in [-0.2, -0.15) is 0 Å². The molecule has 118 valence electrons. The highest BCUT2D eigenvalue weighted by atomic mass is 16.7. The maximum absolute atomic E-state index is 11.3. The fourth-order valence-corrected chi connectivity index (χ4v) is 2.81. The second kappa shape index (κ2) is 6.86. The summed E-state index contributed by atoms with van der Waals surface area (Å²) in [5, 5.41) is 0. The smallest absolute Gasteiger partial charge is 0.222 e. The molecule has 1 aliphatic rings. The number of hydrogen-bond donors (Lipinski definition) is 0. The van der Waals surface area contributed by atoms with Crippen molar-refractivity contribution in [1.29, 1.82) is 0 Å². The molecule has 0 saturated carbocycles. The lowest BCUT2D eigenvalue weighted by molar-refractivity contribution is -0.207. The van der Waals surface area contributed by atoms with Crippen LogP contribution in [0.5, 0.6) is 0 Å². The third-order valence-corrected chi connectivity index (χ3v) is 4.17. The minimum atomic E-state index is -1.11. The highest BCUT2D eigenvalue weighted by molar-refractivity contribution is 5.65. The van der Waals surface area contributed by atoms with E-state index >= 15 is 0 Å². The molecule has 0 aliphatic carbocycles. The van der Waals surface area contributed by atoms with Gasteiger partial charge in [-0.1, -0.05) is 60.7 Å². The number of carbonyl (C=O) groups excluding carboxylic acids is 2. The van der Waals surface area contributed by atoms with E-state index in [-0.39, 0.29) is 13.2 Å². The van der Waals surface area contributed by atoms with Gasteiger partial charge in [0.15, 0.2) is 0 Å². The van der Waals surface area contributed by atoms with Crippen molar-refractivity contribution in [2.75, 3.05) is 13.2 Å². The van der Waals surface area contributed by atoms with E-state index < -0.39 is 17.6 Å². The normalized spacial score (nSPS) is 23.7. The summed E-state index contributed by atoms with van der Waals surface area (Å²) in [5.41, 5.74) is 1.67. The molecule has 2 atom stereocenters. The van der Waals surface area contributed by atoms with Gasteiger partial charge in [0, 0.05) is 23.0 Å². The quantitative estimate of drug-likeness (QED) is 0.815. The second-order valence-corrected chi connectivity index (χ2v) is 5.57. The van der Waals surface area contributed by atoms with Crippen LogP contribution in [0, 0.1) is 11.8 Å². The van der Waals surface area contributed by atoms with Crippen molar-refractivity contribution < 1.29 is 19.1 Å². The molecule has 0 amide bonds. The third-order valence-electron chi connectivity index (χ3n) is 4.17. The summed E-state index contributed by atoms with van der Waals surface area (Å²) in [7, 11) is 0. The van der Waals surface area contributed by atoms with Crippen LogP contribution in [0.1, 0.15) is 11.1 Å². The van der Waals surface area contributed by atoms with E-state index in [0.717, 1.165) is 23.7 Å². The predicted molar refractivity (Wildman–Crippen MR) is 84.7 cm³/mol. The number of benzene rings is 2. The van der Waals surface area contributed by atoms with Crippen LogP contribution in [0.4, 0.5) is 0 Å². The molecule has 0 aromatic heterocycles. The molecule has 1 fully saturated rings. The monoisotopic (exact) mass is 310 g/mol. The van der Waals surface area contributed by atoms with Gasteiger partial charge in [0.25, 0.3) is 0 Å². The highest BCUT2D eigenvalue weighted by Crippen LogP contribution is 2.38. The molecule has 0 radical (unpaired) electrons. The van der Waals surface area contributed by atoms with Crippen LogP contribution >= 0.6 is 0 Å². The molecule has 1 heterocycles. The second-order valence-electron chi connectivity index (χ2n) is 5.57. The minimum Gasteiger partial charge on any atom is -0.341 e. The molecular weight excluding hydrogens is 292 g/mol. The zero-order valence-electron chi connectivity index (χ0n) is 12.6. The highest BCUT2D eigenvalue weighted by Gasteiger charge is 2.42. The van der Waals surface area contributed by atoms with E-state index in [1.807, 2.05) is 60.7 Å². The van der Waals surface area contributed by atoms with E-state index in [0.29, 0.717) is 0 Å². The molecule has 1 aliphatic heterocycles. The Labute approximate surface area is 135 Å². The summed E-state index contributed by atoms with van der Waals surface area (Å²) < 4.78 is 12.2. The largest absolute Gasteiger partial charge is 0.341 e. The summed E-state index contributed by atoms with van der Waals surface area (Å²) >= 11 is 0. The topological polar surface area (TPSA) is 52.6 Å². The Morgan fingerprint density at radius 1 is 0.739 bits per heavy atom. The van der Waals surface area contributed by atoms with Gasteiger partial charge in [0.1, 0.15) is 12.6 Å². The van der Waals surface area contributed by atoms with Crippen molar-refractivity contribution in [3.05, 3.63) is 71.8 Å². The Morgan fingerprint density at radius 2 is 1.13 bits per heavy atom. The maximum atomic E-state index is 11.3. The molecule has 2 aromatic carbocycles. The first-order valence-corrected chi connectivity index (χ1v) is 7.59. The summed E-state index contributed by atoms with van der Waals surface area (Å²) in [4.78, 5) is 22.5. The number of aldehydes is 2. The van der Waals surface area contributed by atoms with Crippen LogP contribution in [0.2, 0.25) is 0 Å². The Kier molecular flexibility index (Phi) is 4.65. The lowest BCUT2D eigenvalue weighted by Crippen LogP contribution is -2.34. The average molecular weight is 310 g/mol. The van der Waals surface area contributed by atoms with Crippen molar-refractivity contribution in [3.63, 3.8) is 0 Å².